The van der Waals surface area contributed by atoms with E-state index in [0.717, 1.165) is 6.54 Å². The first-order valence-electron chi connectivity index (χ1n) is 5.90. The number of rotatable bonds is 2. The molecule has 1 aliphatic carbocycles. The van der Waals surface area contributed by atoms with Crippen molar-refractivity contribution >= 4 is 0 Å². The molecule has 0 saturated heterocycles. The zero-order chi connectivity index (χ0) is 10.8. The van der Waals surface area contributed by atoms with E-state index in [1.54, 1.807) is 0 Å². The highest BCUT2D eigenvalue weighted by Crippen LogP contribution is 2.30. The molecule has 0 aromatic rings. The summed E-state index contributed by atoms with van der Waals surface area (Å²) in [5, 5.41) is 0. The van der Waals surface area contributed by atoms with E-state index in [1.807, 2.05) is 0 Å². The molecule has 1 saturated carbocycles. The Morgan fingerprint density at radius 1 is 1.21 bits per heavy atom. The maximum atomic E-state index is 5.85. The highest BCUT2D eigenvalue weighted by atomic mass is 15.2. The van der Waals surface area contributed by atoms with Gasteiger partial charge in [-0.1, -0.05) is 12.8 Å². The number of hydrogen-bond donors (Lipinski definition) is 1. The van der Waals surface area contributed by atoms with Crippen molar-refractivity contribution in [2.75, 3.05) is 13.6 Å². The summed E-state index contributed by atoms with van der Waals surface area (Å²) in [6.07, 6.45) is 5.40. The third kappa shape index (κ3) is 2.71. The number of hydrogen-bond acceptors (Lipinski definition) is 2. The average Bonchev–Trinajstić information content (AvgIpc) is 2.15. The van der Waals surface area contributed by atoms with Crippen LogP contribution in [-0.4, -0.2) is 30.1 Å². The Labute approximate surface area is 88.8 Å². The summed E-state index contributed by atoms with van der Waals surface area (Å²) in [5.41, 5.74) is 6.12. The molecular formula is C12H26N2. The van der Waals surface area contributed by atoms with E-state index in [2.05, 4.69) is 32.7 Å². The topological polar surface area (TPSA) is 29.3 Å². The van der Waals surface area contributed by atoms with Crippen molar-refractivity contribution in [3.8, 4) is 0 Å². The van der Waals surface area contributed by atoms with Gasteiger partial charge in [0.2, 0.25) is 0 Å². The molecule has 2 nitrogen and oxygen atoms in total. The van der Waals surface area contributed by atoms with Gasteiger partial charge in [0.25, 0.3) is 0 Å². The first kappa shape index (κ1) is 12.0. The van der Waals surface area contributed by atoms with Gasteiger partial charge >= 0.3 is 0 Å². The normalized spacial score (nSPS) is 29.6. The fraction of sp³-hybridized carbons (Fsp3) is 1.00. The lowest BCUT2D eigenvalue weighted by molar-refractivity contribution is 0.0557. The second-order valence-electron chi connectivity index (χ2n) is 5.63. The quantitative estimate of drug-likeness (QED) is 0.737. The zero-order valence-electron chi connectivity index (χ0n) is 10.2. The van der Waals surface area contributed by atoms with Crippen LogP contribution in [0.3, 0.4) is 0 Å². The van der Waals surface area contributed by atoms with Crippen molar-refractivity contribution in [1.29, 1.82) is 0 Å². The van der Waals surface area contributed by atoms with E-state index >= 15 is 0 Å². The minimum Gasteiger partial charge on any atom is -0.330 e. The van der Waals surface area contributed by atoms with Gasteiger partial charge in [-0.15, -0.1) is 0 Å². The monoisotopic (exact) mass is 198 g/mol. The van der Waals surface area contributed by atoms with Crippen molar-refractivity contribution in [3.63, 3.8) is 0 Å². The predicted octanol–water partition coefficient (Wildman–Crippen LogP) is 2.23. The van der Waals surface area contributed by atoms with Crippen LogP contribution < -0.4 is 5.73 Å². The molecule has 1 aliphatic rings. The molecule has 0 aromatic carbocycles. The van der Waals surface area contributed by atoms with E-state index in [4.69, 9.17) is 5.73 Å². The highest BCUT2D eigenvalue weighted by molar-refractivity contribution is 4.87. The molecule has 2 heteroatoms. The zero-order valence-corrected chi connectivity index (χ0v) is 10.2. The lowest BCUT2D eigenvalue weighted by Crippen LogP contribution is -2.51. The van der Waals surface area contributed by atoms with Gasteiger partial charge < -0.3 is 5.73 Å². The van der Waals surface area contributed by atoms with E-state index in [0.29, 0.717) is 12.0 Å². The van der Waals surface area contributed by atoms with E-state index < -0.39 is 0 Å². The Morgan fingerprint density at radius 3 is 2.29 bits per heavy atom. The van der Waals surface area contributed by atoms with Gasteiger partial charge in [0, 0.05) is 11.6 Å². The van der Waals surface area contributed by atoms with Crippen molar-refractivity contribution in [2.24, 2.45) is 11.7 Å². The Kier molecular flexibility index (Phi) is 3.96. The van der Waals surface area contributed by atoms with Crippen molar-refractivity contribution in [1.82, 2.24) is 4.90 Å². The van der Waals surface area contributed by atoms with Gasteiger partial charge in [-0.3, -0.25) is 4.90 Å². The van der Waals surface area contributed by atoms with Gasteiger partial charge in [0.1, 0.15) is 0 Å². The lowest BCUT2D eigenvalue weighted by Gasteiger charge is -2.44. The number of nitrogens with two attached hydrogens (primary N) is 1. The molecule has 0 radical (unpaired) electrons. The summed E-state index contributed by atoms with van der Waals surface area (Å²) >= 11 is 0. The highest BCUT2D eigenvalue weighted by Gasteiger charge is 2.32. The largest absolute Gasteiger partial charge is 0.330 e. The number of nitrogens with zero attached hydrogens (tertiary/aromatic N) is 1. The molecule has 2 unspecified atom stereocenters. The average molecular weight is 198 g/mol. The summed E-state index contributed by atoms with van der Waals surface area (Å²) < 4.78 is 0. The van der Waals surface area contributed by atoms with E-state index in [-0.39, 0.29) is 5.54 Å². The minimum atomic E-state index is 0.273. The smallest absolute Gasteiger partial charge is 0.0138 e. The van der Waals surface area contributed by atoms with Gasteiger partial charge in [-0.05, 0) is 53.1 Å². The Hall–Kier alpha value is -0.0800. The van der Waals surface area contributed by atoms with Crippen LogP contribution in [0.5, 0.6) is 0 Å². The molecule has 0 amide bonds. The molecule has 1 rings (SSSR count). The Balaban J connectivity index is 2.63. The third-order valence-electron chi connectivity index (χ3n) is 3.73. The summed E-state index contributed by atoms with van der Waals surface area (Å²) in [7, 11) is 2.25. The first-order valence-corrected chi connectivity index (χ1v) is 5.90. The fourth-order valence-electron chi connectivity index (χ4n) is 2.47. The maximum Gasteiger partial charge on any atom is 0.0138 e. The lowest BCUT2D eigenvalue weighted by atomic mass is 9.82. The van der Waals surface area contributed by atoms with Crippen molar-refractivity contribution in [3.05, 3.63) is 0 Å². The van der Waals surface area contributed by atoms with Crippen LogP contribution in [0.2, 0.25) is 0 Å². The summed E-state index contributed by atoms with van der Waals surface area (Å²) in [6.45, 7) is 7.71. The van der Waals surface area contributed by atoms with E-state index in [1.165, 1.54) is 25.7 Å². The van der Waals surface area contributed by atoms with Crippen LogP contribution >= 0.6 is 0 Å². The Bertz CT molecular complexity index is 172. The molecule has 2 N–H and O–H groups in total. The van der Waals surface area contributed by atoms with Gasteiger partial charge in [-0.2, -0.15) is 0 Å². The SMILES string of the molecule is CN(C1CCCCC1CN)C(C)(C)C. The van der Waals surface area contributed by atoms with Crippen molar-refractivity contribution in [2.45, 2.75) is 58.0 Å². The standard InChI is InChI=1S/C12H26N2/c1-12(2,3)14(4)11-8-6-5-7-10(11)9-13/h10-11H,5-9,13H2,1-4H3. The minimum absolute atomic E-state index is 0.273. The van der Waals surface area contributed by atoms with Gasteiger partial charge in [-0.25, -0.2) is 0 Å². The van der Waals surface area contributed by atoms with Crippen molar-refractivity contribution < 1.29 is 0 Å². The van der Waals surface area contributed by atoms with Crippen LogP contribution in [0, 0.1) is 5.92 Å². The Morgan fingerprint density at radius 2 is 1.79 bits per heavy atom. The third-order valence-corrected chi connectivity index (χ3v) is 3.73. The fourth-order valence-corrected chi connectivity index (χ4v) is 2.47. The molecule has 2 atom stereocenters. The second kappa shape index (κ2) is 4.63. The second-order valence-corrected chi connectivity index (χ2v) is 5.63. The van der Waals surface area contributed by atoms with Crippen LogP contribution in [-0.2, 0) is 0 Å². The van der Waals surface area contributed by atoms with Crippen LogP contribution in [0.15, 0.2) is 0 Å². The van der Waals surface area contributed by atoms with Crippen LogP contribution in [0.25, 0.3) is 0 Å². The van der Waals surface area contributed by atoms with E-state index in [9.17, 15) is 0 Å². The summed E-state index contributed by atoms with van der Waals surface area (Å²) in [4.78, 5) is 2.52. The predicted molar refractivity (Wildman–Crippen MR) is 62.3 cm³/mol. The molecule has 0 aliphatic heterocycles. The molecule has 0 bridgehead atoms. The van der Waals surface area contributed by atoms with Gasteiger partial charge in [0.15, 0.2) is 0 Å². The molecule has 84 valence electrons. The molecular weight excluding hydrogens is 172 g/mol. The maximum absolute atomic E-state index is 5.85. The molecule has 1 fully saturated rings. The molecule has 14 heavy (non-hydrogen) atoms. The molecule has 0 aromatic heterocycles. The molecule has 0 spiro atoms. The van der Waals surface area contributed by atoms with Crippen LogP contribution in [0.1, 0.15) is 46.5 Å². The van der Waals surface area contributed by atoms with Gasteiger partial charge in [0.05, 0.1) is 0 Å². The van der Waals surface area contributed by atoms with Crippen LogP contribution in [0.4, 0.5) is 0 Å². The molecule has 0 heterocycles. The first-order chi connectivity index (χ1) is 6.46. The summed E-state index contributed by atoms with van der Waals surface area (Å²) in [6, 6.07) is 0.703. The summed E-state index contributed by atoms with van der Waals surface area (Å²) in [5.74, 6) is 0.716.